The van der Waals surface area contributed by atoms with Crippen molar-refractivity contribution < 1.29 is 35.9 Å². The largest absolute Gasteiger partial charge is 0.455 e. The Bertz CT molecular complexity index is 2350. The van der Waals surface area contributed by atoms with Crippen LogP contribution in [0, 0.1) is 17.2 Å². The number of sulfonamides is 1. The van der Waals surface area contributed by atoms with Crippen LogP contribution in [0.5, 0.6) is 11.5 Å². The second-order valence-electron chi connectivity index (χ2n) is 14.7. The van der Waals surface area contributed by atoms with E-state index < -0.39 is 27.4 Å². The Kier molecular flexibility index (Phi) is 12.5. The fourth-order valence-electron chi connectivity index (χ4n) is 6.51. The minimum absolute atomic E-state index is 0.0611. The lowest BCUT2D eigenvalue weighted by molar-refractivity contribution is -0.137. The third-order valence-electron chi connectivity index (χ3n) is 9.38. The molecule has 1 fully saturated rings. The summed E-state index contributed by atoms with van der Waals surface area (Å²) in [4.78, 5) is 22.5. The molecule has 3 heterocycles. The summed E-state index contributed by atoms with van der Waals surface area (Å²) < 4.78 is 84.9. The fraction of sp³-hybridized carbons (Fsp3) is 0.341. The van der Waals surface area contributed by atoms with Crippen molar-refractivity contribution in [1.82, 2.24) is 19.2 Å². The minimum Gasteiger partial charge on any atom is -0.455 e. The Hall–Kier alpha value is -5.53. The van der Waals surface area contributed by atoms with Gasteiger partial charge in [0.05, 0.1) is 16.0 Å². The first-order valence-corrected chi connectivity index (χ1v) is 20.6. The molecule has 298 valence electrons. The number of nitriles is 1. The summed E-state index contributed by atoms with van der Waals surface area (Å²) >= 11 is 0.859. The molecule has 11 nitrogen and oxygen atoms in total. The summed E-state index contributed by atoms with van der Waals surface area (Å²) in [6, 6.07) is 19.6. The van der Waals surface area contributed by atoms with Crippen molar-refractivity contribution in [3.8, 4) is 39.8 Å². The van der Waals surface area contributed by atoms with Gasteiger partial charge < -0.3 is 14.4 Å². The summed E-state index contributed by atoms with van der Waals surface area (Å²) in [5.74, 6) is 0.881. The fourth-order valence-corrected chi connectivity index (χ4v) is 8.20. The maximum atomic E-state index is 13.7. The predicted molar refractivity (Wildman–Crippen MR) is 210 cm³/mol. The van der Waals surface area contributed by atoms with Gasteiger partial charge in [0.25, 0.3) is 10.0 Å². The van der Waals surface area contributed by atoms with Gasteiger partial charge in [0.15, 0.2) is 0 Å². The van der Waals surface area contributed by atoms with Crippen LogP contribution in [0.2, 0.25) is 0 Å². The van der Waals surface area contributed by atoms with Gasteiger partial charge in [-0.05, 0) is 124 Å². The second kappa shape index (κ2) is 17.3. The summed E-state index contributed by atoms with van der Waals surface area (Å²) in [7, 11) is -4.09. The highest BCUT2D eigenvalue weighted by molar-refractivity contribution is 7.93. The van der Waals surface area contributed by atoms with E-state index in [1.54, 1.807) is 41.4 Å². The van der Waals surface area contributed by atoms with Gasteiger partial charge in [-0.1, -0.05) is 31.0 Å². The Morgan fingerprint density at radius 3 is 2.40 bits per heavy atom. The summed E-state index contributed by atoms with van der Waals surface area (Å²) in [6.07, 6.45) is 3.50. The average molecular weight is 819 g/mol. The molecular formula is C41H41F3N6O5S2. The number of piperidine rings is 1. The van der Waals surface area contributed by atoms with Gasteiger partial charge in [-0.15, -0.1) is 0 Å². The number of rotatable bonds is 12. The summed E-state index contributed by atoms with van der Waals surface area (Å²) in [5.41, 5.74) is 1.52. The molecule has 5 aromatic rings. The molecule has 2 aromatic heterocycles. The zero-order chi connectivity index (χ0) is 40.8. The number of nitrogens with one attached hydrogen (secondary N) is 1. The molecular weight excluding hydrogens is 778 g/mol. The van der Waals surface area contributed by atoms with E-state index in [1.165, 1.54) is 30.6 Å². The Morgan fingerprint density at radius 1 is 0.947 bits per heavy atom. The highest BCUT2D eigenvalue weighted by Crippen LogP contribution is 2.40. The molecule has 1 amide bonds. The number of anilines is 1. The molecule has 0 bridgehead atoms. The lowest BCUT2D eigenvalue weighted by atomic mass is 9.91. The first-order valence-electron chi connectivity index (χ1n) is 18.3. The molecule has 0 radical (unpaired) electrons. The van der Waals surface area contributed by atoms with E-state index in [4.69, 9.17) is 9.47 Å². The van der Waals surface area contributed by atoms with Crippen LogP contribution < -0.4 is 9.46 Å². The first kappa shape index (κ1) is 41.1. The normalized spacial score (nSPS) is 13.9. The molecule has 0 aliphatic carbocycles. The number of likely N-dealkylation sites (tertiary alicyclic amines) is 1. The summed E-state index contributed by atoms with van der Waals surface area (Å²) in [6.45, 7) is 6.93. The van der Waals surface area contributed by atoms with Gasteiger partial charge in [-0.2, -0.15) is 22.8 Å². The van der Waals surface area contributed by atoms with Crippen LogP contribution in [0.1, 0.15) is 69.7 Å². The van der Waals surface area contributed by atoms with E-state index in [0.717, 1.165) is 61.5 Å². The molecule has 0 unspecified atom stereocenters. The van der Waals surface area contributed by atoms with Crippen LogP contribution in [0.25, 0.3) is 22.3 Å². The van der Waals surface area contributed by atoms with E-state index in [2.05, 4.69) is 19.1 Å². The van der Waals surface area contributed by atoms with Gasteiger partial charge in [0.1, 0.15) is 29.5 Å². The van der Waals surface area contributed by atoms with Gasteiger partial charge in [0.2, 0.25) is 5.13 Å². The van der Waals surface area contributed by atoms with Crippen LogP contribution >= 0.6 is 11.5 Å². The maximum absolute atomic E-state index is 13.7. The third-order valence-corrected chi connectivity index (χ3v) is 11.4. The molecule has 0 saturated carbocycles. The van der Waals surface area contributed by atoms with E-state index in [-0.39, 0.29) is 27.4 Å². The lowest BCUT2D eigenvalue weighted by Gasteiger charge is -2.33. The average Bonchev–Trinajstić information content (AvgIpc) is 3.68. The van der Waals surface area contributed by atoms with Crippen molar-refractivity contribution in [2.45, 2.75) is 76.0 Å². The number of hydrogen-bond donors (Lipinski definition) is 1. The number of unbranched alkanes of at least 4 members (excludes halogenated alkanes) is 1. The number of alkyl halides is 3. The lowest BCUT2D eigenvalue weighted by Crippen LogP contribution is -2.41. The van der Waals surface area contributed by atoms with Crippen molar-refractivity contribution in [1.29, 1.82) is 5.26 Å². The van der Waals surface area contributed by atoms with Crippen molar-refractivity contribution in [3.63, 3.8) is 0 Å². The molecule has 0 spiro atoms. The SMILES string of the molecule is CC(C)(C)OC(=O)N1CCC(CCCCc2cc(-c3cc(-c4cccc(C(F)(F)F)c4)ccc3Oc3ccc(S(=O)(=O)Nc4ncns4)cc3C#N)ccn2)CC1. The van der Waals surface area contributed by atoms with Crippen molar-refractivity contribution in [2.75, 3.05) is 17.8 Å². The highest BCUT2D eigenvalue weighted by atomic mass is 32.2. The maximum Gasteiger partial charge on any atom is 0.416 e. The monoisotopic (exact) mass is 818 g/mol. The molecule has 1 saturated heterocycles. The van der Waals surface area contributed by atoms with Crippen LogP contribution in [0.15, 0.2) is 90.2 Å². The smallest absolute Gasteiger partial charge is 0.416 e. The third kappa shape index (κ3) is 10.9. The number of ether oxygens (including phenoxy) is 2. The minimum atomic E-state index is -4.53. The first-order chi connectivity index (χ1) is 27.1. The Balaban J connectivity index is 1.21. The number of aryl methyl sites for hydroxylation is 1. The molecule has 3 aromatic carbocycles. The van der Waals surface area contributed by atoms with Gasteiger partial charge in [0, 0.05) is 42.1 Å². The molecule has 1 N–H and O–H groups in total. The Labute approximate surface area is 333 Å². The zero-order valence-electron chi connectivity index (χ0n) is 31.5. The molecule has 57 heavy (non-hydrogen) atoms. The number of nitrogens with zero attached hydrogens (tertiary/aromatic N) is 5. The number of halogens is 3. The number of hydrogen-bond acceptors (Lipinski definition) is 10. The van der Waals surface area contributed by atoms with Crippen LogP contribution in [-0.4, -0.2) is 52.4 Å². The molecule has 16 heteroatoms. The quantitative estimate of drug-likeness (QED) is 0.122. The number of benzene rings is 3. The second-order valence-corrected chi connectivity index (χ2v) is 17.2. The number of carbonyl (C=O) groups is 1. The van der Waals surface area contributed by atoms with Crippen molar-refractivity contribution in [2.24, 2.45) is 5.92 Å². The number of aromatic nitrogens is 3. The van der Waals surface area contributed by atoms with Crippen LogP contribution in [0.3, 0.4) is 0 Å². The zero-order valence-corrected chi connectivity index (χ0v) is 33.2. The number of pyridine rings is 1. The van der Waals surface area contributed by atoms with Crippen molar-refractivity contribution >= 4 is 32.8 Å². The predicted octanol–water partition coefficient (Wildman–Crippen LogP) is 10.1. The van der Waals surface area contributed by atoms with E-state index >= 15 is 0 Å². The molecule has 1 aliphatic heterocycles. The van der Waals surface area contributed by atoms with Crippen LogP contribution in [-0.2, 0) is 27.4 Å². The number of carbonyl (C=O) groups excluding carboxylic acids is 1. The van der Waals surface area contributed by atoms with Crippen LogP contribution in [0.4, 0.5) is 23.1 Å². The standard InChI is InChI=1S/C41H41F3N6O5S2/c1-40(2,3)55-39(51)50-19-16-27(17-20-50)7-4-5-10-33-22-30(15-18-46-33)35-24-29(28-8-6-9-32(21-28)41(42,43)44)11-13-37(35)54-36-14-12-34(23-31(36)25-45)57(52,53)49-38-47-26-48-56-38/h6,8-9,11-15,18,21-24,26-27H,4-5,7,10,16-17,19-20H2,1-3H3,(H,47,48,49). The van der Waals surface area contributed by atoms with Gasteiger partial charge in [-0.25, -0.2) is 18.2 Å². The topological polar surface area (TPSA) is 147 Å². The van der Waals surface area contributed by atoms with Gasteiger partial charge in [-0.3, -0.25) is 9.71 Å². The highest BCUT2D eigenvalue weighted by Gasteiger charge is 2.31. The van der Waals surface area contributed by atoms with Gasteiger partial charge >= 0.3 is 12.3 Å². The van der Waals surface area contributed by atoms with E-state index in [1.807, 2.05) is 32.9 Å². The summed E-state index contributed by atoms with van der Waals surface area (Å²) in [5, 5.41) is 10.1. The molecule has 1 aliphatic rings. The van der Waals surface area contributed by atoms with Crippen molar-refractivity contribution in [3.05, 3.63) is 102 Å². The van der Waals surface area contributed by atoms with E-state index in [0.29, 0.717) is 53.4 Å². The van der Waals surface area contributed by atoms with E-state index in [9.17, 15) is 31.6 Å². The number of amides is 1. The molecule has 0 atom stereocenters. The Morgan fingerprint density at radius 2 is 1.70 bits per heavy atom. The molecule has 6 rings (SSSR count).